The molecule has 0 aliphatic rings. The Morgan fingerprint density at radius 2 is 0.913 bits per heavy atom. The van der Waals surface area contributed by atoms with E-state index in [2.05, 4.69) is 19.2 Å². The molecule has 0 aliphatic heterocycles. The summed E-state index contributed by atoms with van der Waals surface area (Å²) >= 11 is 0. The first-order chi connectivity index (χ1) is 22.7. The number of unbranched alkanes of at least 4 members (excludes halogenated alkanes) is 24. The monoisotopic (exact) mass is 658 g/mol. The molecule has 276 valence electrons. The maximum Gasteiger partial charge on any atom is 0.407 e. The van der Waals surface area contributed by atoms with Crippen LogP contribution in [0.1, 0.15) is 181 Å². The number of hydrogen-bond donors (Lipinski definition) is 1. The zero-order valence-corrected chi connectivity index (χ0v) is 31.1. The highest BCUT2D eigenvalue weighted by Gasteiger charge is 2.13. The lowest BCUT2D eigenvalue weighted by Crippen LogP contribution is -2.33. The second-order valence-corrected chi connectivity index (χ2v) is 13.2. The van der Waals surface area contributed by atoms with Crippen molar-refractivity contribution >= 4 is 6.09 Å². The van der Waals surface area contributed by atoms with Gasteiger partial charge in [0.2, 0.25) is 0 Å². The SMILES string of the molecule is CCCCCCCCCCCCCCCCOC(COCCCCCCCCCCCCCC)COC(=O)NCCOCCOC. The van der Waals surface area contributed by atoms with Crippen molar-refractivity contribution in [1.82, 2.24) is 5.32 Å². The average molecular weight is 658 g/mol. The van der Waals surface area contributed by atoms with E-state index in [0.29, 0.717) is 39.6 Å². The molecule has 0 radical (unpaired) electrons. The van der Waals surface area contributed by atoms with Crippen LogP contribution in [0.5, 0.6) is 0 Å². The Bertz CT molecular complexity index is 579. The highest BCUT2D eigenvalue weighted by Crippen LogP contribution is 2.14. The quantitative estimate of drug-likeness (QED) is 0.0663. The van der Waals surface area contributed by atoms with Gasteiger partial charge in [0.15, 0.2) is 0 Å². The van der Waals surface area contributed by atoms with Crippen molar-refractivity contribution in [2.75, 3.05) is 59.9 Å². The number of ether oxygens (including phenoxy) is 5. The third-order valence-electron chi connectivity index (χ3n) is 8.65. The number of alkyl carbamates (subject to hydrolysis) is 1. The molecule has 1 atom stereocenters. The van der Waals surface area contributed by atoms with Gasteiger partial charge >= 0.3 is 6.09 Å². The van der Waals surface area contributed by atoms with Gasteiger partial charge in [0.1, 0.15) is 12.7 Å². The topological polar surface area (TPSA) is 75.3 Å². The van der Waals surface area contributed by atoms with Crippen LogP contribution >= 0.6 is 0 Å². The predicted molar refractivity (Wildman–Crippen MR) is 194 cm³/mol. The van der Waals surface area contributed by atoms with Crippen LogP contribution in [0.2, 0.25) is 0 Å². The van der Waals surface area contributed by atoms with Gasteiger partial charge in [-0.15, -0.1) is 0 Å². The zero-order chi connectivity index (χ0) is 33.4. The third-order valence-corrected chi connectivity index (χ3v) is 8.65. The van der Waals surface area contributed by atoms with Crippen LogP contribution in [0.3, 0.4) is 0 Å². The Morgan fingerprint density at radius 1 is 0.478 bits per heavy atom. The van der Waals surface area contributed by atoms with E-state index in [1.54, 1.807) is 7.11 Å². The van der Waals surface area contributed by atoms with E-state index in [0.717, 1.165) is 19.4 Å². The Balaban J connectivity index is 3.98. The summed E-state index contributed by atoms with van der Waals surface area (Å²) in [4.78, 5) is 12.1. The lowest BCUT2D eigenvalue weighted by molar-refractivity contribution is -0.0469. The fraction of sp³-hybridized carbons (Fsp3) is 0.974. The van der Waals surface area contributed by atoms with E-state index in [9.17, 15) is 4.79 Å². The summed E-state index contributed by atoms with van der Waals surface area (Å²) in [5.41, 5.74) is 0. The summed E-state index contributed by atoms with van der Waals surface area (Å²) in [5, 5.41) is 2.73. The molecule has 0 aromatic carbocycles. The smallest absolute Gasteiger partial charge is 0.407 e. The molecule has 1 unspecified atom stereocenters. The van der Waals surface area contributed by atoms with Crippen LogP contribution in [-0.2, 0) is 23.7 Å². The van der Waals surface area contributed by atoms with Crippen molar-refractivity contribution in [3.63, 3.8) is 0 Å². The van der Waals surface area contributed by atoms with Gasteiger partial charge in [-0.05, 0) is 12.8 Å². The number of hydrogen-bond acceptors (Lipinski definition) is 6. The molecule has 1 amide bonds. The number of amides is 1. The van der Waals surface area contributed by atoms with Crippen molar-refractivity contribution in [1.29, 1.82) is 0 Å². The molecule has 0 aromatic heterocycles. The molecular weight excluding hydrogens is 578 g/mol. The minimum atomic E-state index is -0.443. The minimum absolute atomic E-state index is 0.202. The second-order valence-electron chi connectivity index (χ2n) is 13.2. The van der Waals surface area contributed by atoms with E-state index >= 15 is 0 Å². The molecule has 7 heteroatoms. The van der Waals surface area contributed by atoms with Crippen LogP contribution < -0.4 is 5.32 Å². The first-order valence-electron chi connectivity index (χ1n) is 19.9. The average Bonchev–Trinajstić information content (AvgIpc) is 3.06. The van der Waals surface area contributed by atoms with E-state index in [4.69, 9.17) is 23.7 Å². The summed E-state index contributed by atoms with van der Waals surface area (Å²) in [7, 11) is 1.64. The zero-order valence-electron chi connectivity index (χ0n) is 31.1. The number of methoxy groups -OCH3 is 1. The van der Waals surface area contributed by atoms with Gasteiger partial charge in [0.05, 0.1) is 26.4 Å². The van der Waals surface area contributed by atoms with Gasteiger partial charge in [0.25, 0.3) is 0 Å². The summed E-state index contributed by atoms with van der Waals surface area (Å²) in [6.45, 7) is 8.54. The molecule has 0 fully saturated rings. The lowest BCUT2D eigenvalue weighted by Gasteiger charge is -2.18. The predicted octanol–water partition coefficient (Wildman–Crippen LogP) is 11.0. The van der Waals surface area contributed by atoms with Crippen LogP contribution in [0.15, 0.2) is 0 Å². The molecule has 0 heterocycles. The lowest BCUT2D eigenvalue weighted by atomic mass is 10.0. The molecule has 0 aliphatic carbocycles. The van der Waals surface area contributed by atoms with Crippen molar-refractivity contribution in [2.45, 2.75) is 187 Å². The molecule has 0 saturated carbocycles. The molecule has 0 saturated heterocycles. The normalized spacial score (nSPS) is 12.1. The maximum absolute atomic E-state index is 12.1. The van der Waals surface area contributed by atoms with Crippen molar-refractivity contribution in [3.05, 3.63) is 0 Å². The molecule has 0 spiro atoms. The summed E-state index contributed by atoms with van der Waals surface area (Å²) in [6.07, 6.45) is 34.1. The van der Waals surface area contributed by atoms with Crippen LogP contribution in [-0.4, -0.2) is 72.1 Å². The number of rotatable bonds is 39. The summed E-state index contributed by atoms with van der Waals surface area (Å²) in [5.74, 6) is 0. The van der Waals surface area contributed by atoms with Gasteiger partial charge in [-0.2, -0.15) is 0 Å². The summed E-state index contributed by atoms with van der Waals surface area (Å²) < 4.78 is 27.9. The molecule has 0 aromatic rings. The largest absolute Gasteiger partial charge is 0.447 e. The number of carbonyl (C=O) groups excluding carboxylic acids is 1. The number of carbonyl (C=O) groups is 1. The van der Waals surface area contributed by atoms with Crippen molar-refractivity contribution < 1.29 is 28.5 Å². The molecule has 1 N–H and O–H groups in total. The van der Waals surface area contributed by atoms with Crippen LogP contribution in [0, 0.1) is 0 Å². The Kier molecular flexibility index (Phi) is 39.5. The van der Waals surface area contributed by atoms with Gasteiger partial charge < -0.3 is 29.0 Å². The van der Waals surface area contributed by atoms with Crippen molar-refractivity contribution in [2.24, 2.45) is 0 Å². The van der Waals surface area contributed by atoms with E-state index < -0.39 is 6.09 Å². The van der Waals surface area contributed by atoms with Gasteiger partial charge in [-0.25, -0.2) is 4.79 Å². The molecule has 7 nitrogen and oxygen atoms in total. The van der Waals surface area contributed by atoms with Crippen LogP contribution in [0.25, 0.3) is 0 Å². The van der Waals surface area contributed by atoms with Gasteiger partial charge in [0, 0.05) is 26.9 Å². The maximum atomic E-state index is 12.1. The first-order valence-corrected chi connectivity index (χ1v) is 19.9. The molecule has 46 heavy (non-hydrogen) atoms. The fourth-order valence-corrected chi connectivity index (χ4v) is 5.64. The van der Waals surface area contributed by atoms with Gasteiger partial charge in [-0.3, -0.25) is 0 Å². The van der Waals surface area contributed by atoms with E-state index in [1.165, 1.54) is 154 Å². The Hall–Kier alpha value is -0.890. The first kappa shape index (κ1) is 45.1. The van der Waals surface area contributed by atoms with Crippen molar-refractivity contribution in [3.8, 4) is 0 Å². The molecule has 0 bridgehead atoms. The minimum Gasteiger partial charge on any atom is -0.447 e. The fourth-order valence-electron chi connectivity index (χ4n) is 5.64. The third kappa shape index (κ3) is 37.6. The highest BCUT2D eigenvalue weighted by molar-refractivity contribution is 5.67. The second kappa shape index (κ2) is 40.3. The molecular formula is C39H79NO6. The van der Waals surface area contributed by atoms with Crippen LogP contribution in [0.4, 0.5) is 4.79 Å². The Labute approximate surface area is 286 Å². The Morgan fingerprint density at radius 3 is 1.37 bits per heavy atom. The van der Waals surface area contributed by atoms with Gasteiger partial charge in [-0.1, -0.05) is 168 Å². The molecule has 0 rings (SSSR count). The number of nitrogens with one attached hydrogen (secondary N) is 1. The van der Waals surface area contributed by atoms with E-state index in [1.807, 2.05) is 0 Å². The standard InChI is InChI=1S/C39H79NO6/c1-4-6-8-10-12-14-16-18-19-21-23-25-27-29-32-45-38(37-46-39(41)40-30-33-43-35-34-42-3)36-44-31-28-26-24-22-20-17-15-13-11-9-7-5-2/h38H,4-37H2,1-3H3,(H,40,41). The van der Waals surface area contributed by atoms with E-state index in [-0.39, 0.29) is 12.7 Å². The highest BCUT2D eigenvalue weighted by atomic mass is 16.6. The summed E-state index contributed by atoms with van der Waals surface area (Å²) in [6, 6.07) is 0.